The van der Waals surface area contributed by atoms with Crippen molar-refractivity contribution in [2.45, 2.75) is 69.7 Å². The second-order valence-corrected chi connectivity index (χ2v) is 10.1. The van der Waals surface area contributed by atoms with E-state index in [0.29, 0.717) is 18.2 Å². The van der Waals surface area contributed by atoms with E-state index in [-0.39, 0.29) is 23.9 Å². The Morgan fingerprint density at radius 3 is 2.86 bits per heavy atom. The summed E-state index contributed by atoms with van der Waals surface area (Å²) in [4.78, 5) is 19.4. The zero-order valence-corrected chi connectivity index (χ0v) is 18.0. The molecule has 2 fully saturated rings. The summed E-state index contributed by atoms with van der Waals surface area (Å²) in [6, 6.07) is 7.16. The summed E-state index contributed by atoms with van der Waals surface area (Å²) in [7, 11) is 2.21. The Kier molecular flexibility index (Phi) is 4.63. The molecule has 4 heteroatoms. The number of ketones is 1. The molecule has 2 unspecified atom stereocenters. The van der Waals surface area contributed by atoms with Crippen molar-refractivity contribution in [2.75, 3.05) is 20.2 Å². The molecule has 2 heterocycles. The largest absolute Gasteiger partial charge is 0.396 e. The van der Waals surface area contributed by atoms with Gasteiger partial charge >= 0.3 is 0 Å². The number of aromatic nitrogens is 1. The first-order valence-corrected chi connectivity index (χ1v) is 11.4. The summed E-state index contributed by atoms with van der Waals surface area (Å²) in [6.45, 7) is 5.40. The Hall–Kier alpha value is -1.65. The van der Waals surface area contributed by atoms with Gasteiger partial charge in [-0.15, -0.1) is 0 Å². The number of likely N-dealkylation sites (N-methyl/N-ethyl adjacent to an activating group) is 1. The van der Waals surface area contributed by atoms with Crippen molar-refractivity contribution in [1.82, 2.24) is 9.88 Å². The number of hydrogen-bond acceptors (Lipinski definition) is 3. The van der Waals surface area contributed by atoms with Gasteiger partial charge in [-0.2, -0.15) is 0 Å². The Bertz CT molecular complexity index is 940. The fourth-order valence-electron chi connectivity index (χ4n) is 6.29. The number of hydrogen-bond donors (Lipinski definition) is 2. The second kappa shape index (κ2) is 6.95. The van der Waals surface area contributed by atoms with E-state index in [2.05, 4.69) is 49.0 Å². The lowest BCUT2D eigenvalue weighted by molar-refractivity contribution is -0.127. The second-order valence-electron chi connectivity index (χ2n) is 10.1. The number of nitrogens with zero attached hydrogens (tertiary/aromatic N) is 1. The predicted octanol–water partition coefficient (Wildman–Crippen LogP) is 4.16. The molecule has 1 saturated carbocycles. The van der Waals surface area contributed by atoms with Crippen LogP contribution in [0.25, 0.3) is 10.9 Å². The molecule has 3 aliphatic rings. The summed E-state index contributed by atoms with van der Waals surface area (Å²) < 4.78 is 0. The summed E-state index contributed by atoms with van der Waals surface area (Å²) >= 11 is 0. The molecular weight excluding hydrogens is 360 g/mol. The lowest BCUT2D eigenvalue weighted by Crippen LogP contribution is -2.58. The van der Waals surface area contributed by atoms with Gasteiger partial charge in [0.2, 0.25) is 0 Å². The van der Waals surface area contributed by atoms with Gasteiger partial charge in [0.05, 0.1) is 0 Å². The monoisotopic (exact) mass is 394 g/mol. The first-order valence-electron chi connectivity index (χ1n) is 11.4. The van der Waals surface area contributed by atoms with Crippen LogP contribution < -0.4 is 0 Å². The Morgan fingerprint density at radius 2 is 2.17 bits per heavy atom. The molecule has 2 N–H and O–H groups in total. The molecule has 156 valence electrons. The third-order valence-corrected chi connectivity index (χ3v) is 8.19. The normalized spacial score (nSPS) is 30.3. The zero-order chi connectivity index (χ0) is 20.3. The molecule has 1 aromatic carbocycles. The van der Waals surface area contributed by atoms with E-state index in [9.17, 15) is 9.90 Å². The summed E-state index contributed by atoms with van der Waals surface area (Å²) in [6.07, 6.45) is 6.01. The van der Waals surface area contributed by atoms with E-state index in [4.69, 9.17) is 0 Å². The van der Waals surface area contributed by atoms with Crippen LogP contribution in [-0.2, 0) is 16.6 Å². The molecule has 2 aliphatic carbocycles. The highest BCUT2D eigenvalue weighted by atomic mass is 16.3. The highest BCUT2D eigenvalue weighted by Crippen LogP contribution is 2.52. The van der Waals surface area contributed by atoms with E-state index in [0.717, 1.165) is 31.7 Å². The van der Waals surface area contributed by atoms with Gasteiger partial charge in [0.25, 0.3) is 0 Å². The molecule has 4 atom stereocenters. The number of carbonyl (C=O) groups excluding carboxylic acids is 1. The topological polar surface area (TPSA) is 56.3 Å². The first kappa shape index (κ1) is 19.3. The summed E-state index contributed by atoms with van der Waals surface area (Å²) in [5, 5.41) is 11.0. The number of aromatic amines is 1. The van der Waals surface area contributed by atoms with Crippen LogP contribution in [-0.4, -0.2) is 47.0 Å². The number of carbonyl (C=O) groups is 1. The third-order valence-electron chi connectivity index (χ3n) is 8.19. The highest BCUT2D eigenvalue weighted by molar-refractivity contribution is 5.91. The van der Waals surface area contributed by atoms with E-state index >= 15 is 0 Å². The van der Waals surface area contributed by atoms with Gasteiger partial charge in [0, 0.05) is 53.5 Å². The minimum Gasteiger partial charge on any atom is -0.396 e. The number of H-pyrrole nitrogens is 1. The van der Waals surface area contributed by atoms with Crippen molar-refractivity contribution in [1.29, 1.82) is 0 Å². The first-order chi connectivity index (χ1) is 14.0. The fourth-order valence-corrected chi connectivity index (χ4v) is 6.29. The van der Waals surface area contributed by atoms with Crippen molar-refractivity contribution >= 4 is 16.7 Å². The van der Waals surface area contributed by atoms with Crippen LogP contribution in [0.5, 0.6) is 0 Å². The van der Waals surface area contributed by atoms with Crippen LogP contribution in [0.1, 0.15) is 68.7 Å². The number of Topliss-reactive ketones (excluding diaryl/α,β-unsaturated/α-hetero) is 1. The summed E-state index contributed by atoms with van der Waals surface area (Å²) in [5.74, 6) is 1.22. The number of likely N-dealkylation sites (tertiary alicyclic amines) is 1. The number of rotatable bonds is 6. The Balaban J connectivity index is 1.53. The number of benzene rings is 1. The van der Waals surface area contributed by atoms with Crippen LogP contribution in [0.2, 0.25) is 0 Å². The average molecular weight is 395 g/mol. The minimum absolute atomic E-state index is 0.0101. The average Bonchev–Trinajstić information content (AvgIpc) is 3.49. The molecule has 0 amide bonds. The van der Waals surface area contributed by atoms with Gasteiger partial charge in [0.15, 0.2) is 0 Å². The molecule has 0 bridgehead atoms. The molecule has 0 radical (unpaired) electrons. The van der Waals surface area contributed by atoms with Gasteiger partial charge in [0.1, 0.15) is 5.78 Å². The maximum atomic E-state index is 13.1. The third kappa shape index (κ3) is 2.98. The minimum atomic E-state index is -0.0101. The van der Waals surface area contributed by atoms with Gasteiger partial charge in [-0.05, 0) is 61.8 Å². The quantitative estimate of drug-likeness (QED) is 0.774. The number of aliphatic hydroxyl groups excluding tert-OH is 1. The smallest absolute Gasteiger partial charge is 0.137 e. The van der Waals surface area contributed by atoms with E-state index in [1.807, 2.05) is 0 Å². The van der Waals surface area contributed by atoms with Crippen molar-refractivity contribution in [3.05, 3.63) is 35.0 Å². The lowest BCUT2D eigenvalue weighted by atomic mass is 9.61. The van der Waals surface area contributed by atoms with Gasteiger partial charge in [-0.3, -0.25) is 4.79 Å². The number of nitrogens with one attached hydrogen (secondary N) is 1. The van der Waals surface area contributed by atoms with E-state index in [1.54, 1.807) is 5.56 Å². The highest BCUT2D eigenvalue weighted by Gasteiger charge is 2.50. The maximum absolute atomic E-state index is 13.1. The Morgan fingerprint density at radius 1 is 1.38 bits per heavy atom. The van der Waals surface area contributed by atoms with Crippen LogP contribution in [0.15, 0.2) is 18.2 Å². The van der Waals surface area contributed by atoms with Gasteiger partial charge in [-0.25, -0.2) is 0 Å². The fraction of sp³-hybridized carbons (Fsp3) is 0.640. The molecule has 4 nitrogen and oxygen atoms in total. The van der Waals surface area contributed by atoms with Crippen LogP contribution in [0.4, 0.5) is 0 Å². The van der Waals surface area contributed by atoms with Crippen LogP contribution in [0.3, 0.4) is 0 Å². The van der Waals surface area contributed by atoms with Crippen LogP contribution >= 0.6 is 0 Å². The van der Waals surface area contributed by atoms with Gasteiger partial charge in [-0.1, -0.05) is 32.4 Å². The van der Waals surface area contributed by atoms with Crippen molar-refractivity contribution < 1.29 is 9.90 Å². The predicted molar refractivity (Wildman–Crippen MR) is 116 cm³/mol. The lowest BCUT2D eigenvalue weighted by Gasteiger charge is -2.52. The van der Waals surface area contributed by atoms with E-state index in [1.165, 1.54) is 35.0 Å². The summed E-state index contributed by atoms with van der Waals surface area (Å²) in [5.41, 5.74) is 5.73. The van der Waals surface area contributed by atoms with Crippen molar-refractivity contribution in [2.24, 2.45) is 11.8 Å². The molecule has 1 saturated heterocycles. The maximum Gasteiger partial charge on any atom is 0.137 e. The number of fused-ring (bicyclic) bond motifs is 2. The molecule has 1 aromatic heterocycles. The molecule has 5 rings (SSSR count). The Labute approximate surface area is 173 Å². The molecule has 29 heavy (non-hydrogen) atoms. The SMILES string of the molecule is CCC(CO)CC(=O)C1CN(C)[C@@H]2Cc3c(C4CC4)[nH]c4cccc(c34)[C@@]2(C)C1. The molecule has 2 aromatic rings. The van der Waals surface area contributed by atoms with Crippen molar-refractivity contribution in [3.63, 3.8) is 0 Å². The van der Waals surface area contributed by atoms with E-state index < -0.39 is 0 Å². The number of aliphatic hydroxyl groups is 1. The molecule has 0 spiro atoms. The molecule has 1 aliphatic heterocycles. The van der Waals surface area contributed by atoms with Gasteiger partial charge < -0.3 is 15.0 Å². The molecular formula is C25H34N2O2. The van der Waals surface area contributed by atoms with Crippen molar-refractivity contribution in [3.8, 4) is 0 Å². The zero-order valence-electron chi connectivity index (χ0n) is 18.0. The van der Waals surface area contributed by atoms with Crippen LogP contribution in [0, 0.1) is 11.8 Å². The number of piperidine rings is 1. The standard InChI is InChI=1S/C25H34N2O2/c1-4-15(14-28)10-21(29)17-12-25(2)19-6-5-7-20-23(19)18(11-22(25)27(3)13-17)24(26-20)16-8-9-16/h5-7,15-17,22,26,28H,4,8-14H2,1-3H3/t15?,17?,22-,25-/m1/s1.